The van der Waals surface area contributed by atoms with E-state index in [0.29, 0.717) is 13.0 Å². The number of carbonyl (C=O) groups excluding carboxylic acids is 4. The zero-order valence-electron chi connectivity index (χ0n) is 29.0. The summed E-state index contributed by atoms with van der Waals surface area (Å²) in [6.07, 6.45) is 3.36. The highest BCUT2D eigenvalue weighted by Crippen LogP contribution is 2.28. The lowest BCUT2D eigenvalue weighted by Gasteiger charge is -2.35. The van der Waals surface area contributed by atoms with Crippen molar-refractivity contribution in [2.24, 2.45) is 5.41 Å². The predicted molar refractivity (Wildman–Crippen MR) is 184 cm³/mol. The van der Waals surface area contributed by atoms with Crippen LogP contribution in [0.1, 0.15) is 97.7 Å². The van der Waals surface area contributed by atoms with E-state index in [9.17, 15) is 24.3 Å². The summed E-state index contributed by atoms with van der Waals surface area (Å²) in [7, 11) is 0. The Morgan fingerprint density at radius 2 is 1.66 bits per heavy atom. The van der Waals surface area contributed by atoms with E-state index in [-0.39, 0.29) is 43.7 Å². The highest BCUT2D eigenvalue weighted by Gasteiger charge is 2.44. The van der Waals surface area contributed by atoms with Crippen molar-refractivity contribution in [2.45, 2.75) is 124 Å². The van der Waals surface area contributed by atoms with Gasteiger partial charge in [0, 0.05) is 32.5 Å². The Bertz CT molecular complexity index is 1350. The summed E-state index contributed by atoms with van der Waals surface area (Å²) in [6, 6.07) is 6.23. The molecule has 2 aromatic rings. The highest BCUT2D eigenvalue weighted by molar-refractivity contribution is 7.13. The first-order chi connectivity index (χ1) is 22.0. The number of β-amino-alcohol motifs (C(OH)–C–C–N with tert-alkyl or cyclic N) is 1. The van der Waals surface area contributed by atoms with Crippen LogP contribution in [0.2, 0.25) is 0 Å². The molecule has 3 atom stereocenters. The van der Waals surface area contributed by atoms with Crippen LogP contribution in [0.5, 0.6) is 0 Å². The minimum atomic E-state index is -0.850. The molecule has 11 nitrogen and oxygen atoms in total. The maximum absolute atomic E-state index is 13.8. The third-order valence-electron chi connectivity index (χ3n) is 7.96. The van der Waals surface area contributed by atoms with Gasteiger partial charge in [-0.3, -0.25) is 14.4 Å². The molecule has 0 saturated carbocycles. The number of unbranched alkanes of at least 4 members (excludes halogenated alkanes) is 4. The number of rotatable bonds is 14. The number of carbonyl (C=O) groups is 4. The van der Waals surface area contributed by atoms with Crippen LogP contribution in [-0.4, -0.2) is 75.7 Å². The van der Waals surface area contributed by atoms with Gasteiger partial charge in [-0.25, -0.2) is 9.78 Å². The summed E-state index contributed by atoms with van der Waals surface area (Å²) in [5, 5.41) is 19.1. The van der Waals surface area contributed by atoms with Gasteiger partial charge in [-0.1, -0.05) is 64.3 Å². The molecule has 4 N–H and O–H groups in total. The van der Waals surface area contributed by atoms with Crippen molar-refractivity contribution in [3.05, 3.63) is 41.0 Å². The molecule has 0 spiro atoms. The summed E-state index contributed by atoms with van der Waals surface area (Å²) >= 11 is 1.58. The minimum absolute atomic E-state index is 0.0328. The molecule has 0 bridgehead atoms. The van der Waals surface area contributed by atoms with E-state index in [2.05, 4.69) is 20.9 Å². The molecule has 0 radical (unpaired) electrons. The zero-order chi connectivity index (χ0) is 34.8. The van der Waals surface area contributed by atoms with Crippen LogP contribution < -0.4 is 16.0 Å². The van der Waals surface area contributed by atoms with E-state index in [1.807, 2.05) is 78.2 Å². The molecule has 3 rings (SSSR count). The molecule has 4 amide bonds. The van der Waals surface area contributed by atoms with Crippen molar-refractivity contribution >= 4 is 35.2 Å². The standard InChI is InChI=1S/C35H53N5O6S/c1-23-29(47-22-38-23)25-16-14-24(15-17-25)20-37-31(43)27-19-26(41)21-40(27)32(44)30(34(2,3)4)39-28(42)13-11-9-8-10-12-18-36-33(45)46-35(5,6)7/h14-17,22,26-27,30,41H,8-13,18-21H2,1-7H3,(H,36,45)(H,37,43)(H,39,42). The number of nitrogens with one attached hydrogen (secondary N) is 3. The molecular formula is C35H53N5O6S. The molecule has 260 valence electrons. The molecule has 12 heteroatoms. The van der Waals surface area contributed by atoms with Gasteiger partial charge in [-0.2, -0.15) is 0 Å². The molecule has 1 aliphatic rings. The summed E-state index contributed by atoms with van der Waals surface area (Å²) in [6.45, 7) is 13.9. The maximum atomic E-state index is 13.8. The predicted octanol–water partition coefficient (Wildman–Crippen LogP) is 5.09. The molecule has 1 aliphatic heterocycles. The molecule has 1 aromatic carbocycles. The fourth-order valence-electron chi connectivity index (χ4n) is 5.46. The largest absolute Gasteiger partial charge is 0.444 e. The van der Waals surface area contributed by atoms with Crippen LogP contribution in [0.15, 0.2) is 29.8 Å². The Balaban J connectivity index is 1.46. The second kappa shape index (κ2) is 17.1. The van der Waals surface area contributed by atoms with Crippen molar-refractivity contribution in [2.75, 3.05) is 13.1 Å². The molecule has 2 heterocycles. The third-order valence-corrected chi connectivity index (χ3v) is 8.94. The van der Waals surface area contributed by atoms with Gasteiger partial charge >= 0.3 is 6.09 Å². The summed E-state index contributed by atoms with van der Waals surface area (Å²) in [4.78, 5) is 58.6. The Labute approximate surface area is 283 Å². The van der Waals surface area contributed by atoms with Crippen LogP contribution in [0.3, 0.4) is 0 Å². The van der Waals surface area contributed by atoms with Gasteiger partial charge in [0.25, 0.3) is 0 Å². The van der Waals surface area contributed by atoms with E-state index in [1.54, 1.807) is 11.3 Å². The number of aromatic nitrogens is 1. The third kappa shape index (κ3) is 12.2. The fraction of sp³-hybridized carbons (Fsp3) is 0.629. The lowest BCUT2D eigenvalue weighted by atomic mass is 9.85. The van der Waals surface area contributed by atoms with Crippen LogP contribution in [0.4, 0.5) is 4.79 Å². The van der Waals surface area contributed by atoms with E-state index in [0.717, 1.165) is 47.4 Å². The van der Waals surface area contributed by atoms with Crippen molar-refractivity contribution in [1.29, 1.82) is 0 Å². The van der Waals surface area contributed by atoms with Gasteiger partial charge in [-0.15, -0.1) is 11.3 Å². The number of likely N-dealkylation sites (tertiary alicyclic amines) is 1. The van der Waals surface area contributed by atoms with Gasteiger partial charge in [0.05, 0.1) is 22.2 Å². The second-order valence-electron chi connectivity index (χ2n) is 14.4. The molecule has 47 heavy (non-hydrogen) atoms. The number of alkyl carbamates (subject to hydrolysis) is 1. The van der Waals surface area contributed by atoms with Crippen molar-refractivity contribution < 1.29 is 29.0 Å². The Morgan fingerprint density at radius 1 is 1.00 bits per heavy atom. The Kier molecular flexibility index (Phi) is 13.8. The Hall–Kier alpha value is -3.51. The van der Waals surface area contributed by atoms with E-state index < -0.39 is 35.3 Å². The number of nitrogens with zero attached hydrogens (tertiary/aromatic N) is 2. The monoisotopic (exact) mass is 671 g/mol. The number of thiazole rings is 1. The van der Waals surface area contributed by atoms with Crippen LogP contribution in [0.25, 0.3) is 10.4 Å². The number of benzene rings is 1. The van der Waals surface area contributed by atoms with E-state index in [1.165, 1.54) is 4.90 Å². The second-order valence-corrected chi connectivity index (χ2v) is 15.2. The molecular weight excluding hydrogens is 618 g/mol. The summed E-state index contributed by atoms with van der Waals surface area (Å²) in [5.41, 5.74) is 3.64. The highest BCUT2D eigenvalue weighted by atomic mass is 32.1. The number of hydrogen-bond donors (Lipinski definition) is 4. The summed E-state index contributed by atoms with van der Waals surface area (Å²) < 4.78 is 5.23. The van der Waals surface area contributed by atoms with Gasteiger partial charge < -0.3 is 30.7 Å². The Morgan fingerprint density at radius 3 is 2.28 bits per heavy atom. The maximum Gasteiger partial charge on any atom is 0.407 e. The van der Waals surface area contributed by atoms with E-state index in [4.69, 9.17) is 4.74 Å². The number of amides is 4. The van der Waals surface area contributed by atoms with E-state index >= 15 is 0 Å². The average molecular weight is 672 g/mol. The van der Waals surface area contributed by atoms with Crippen LogP contribution in [-0.2, 0) is 25.7 Å². The zero-order valence-corrected chi connectivity index (χ0v) is 29.8. The van der Waals surface area contributed by atoms with Gasteiger partial charge in [-0.05, 0) is 57.1 Å². The number of ether oxygens (including phenoxy) is 1. The number of aliphatic hydroxyl groups excluding tert-OH is 1. The van der Waals surface area contributed by atoms with Gasteiger partial charge in [0.1, 0.15) is 17.7 Å². The number of hydrogen-bond acceptors (Lipinski definition) is 8. The first-order valence-electron chi connectivity index (χ1n) is 16.6. The smallest absolute Gasteiger partial charge is 0.407 e. The van der Waals surface area contributed by atoms with Crippen molar-refractivity contribution in [3.63, 3.8) is 0 Å². The summed E-state index contributed by atoms with van der Waals surface area (Å²) in [5.74, 6) is -0.926. The van der Waals surface area contributed by atoms with Crippen molar-refractivity contribution in [3.8, 4) is 10.4 Å². The minimum Gasteiger partial charge on any atom is -0.444 e. The first-order valence-corrected chi connectivity index (χ1v) is 17.4. The van der Waals surface area contributed by atoms with Crippen LogP contribution in [0, 0.1) is 12.3 Å². The molecule has 3 unspecified atom stereocenters. The van der Waals surface area contributed by atoms with Gasteiger partial charge in [0.2, 0.25) is 17.7 Å². The molecule has 0 aliphatic carbocycles. The number of aliphatic hydroxyl groups is 1. The lowest BCUT2D eigenvalue weighted by Crippen LogP contribution is -2.57. The van der Waals surface area contributed by atoms with Crippen LogP contribution >= 0.6 is 11.3 Å². The average Bonchev–Trinajstić information content (AvgIpc) is 3.59. The quantitative estimate of drug-likeness (QED) is 0.204. The lowest BCUT2D eigenvalue weighted by molar-refractivity contribution is -0.144. The first kappa shape index (κ1) is 37.9. The normalized spacial score (nSPS) is 17.2. The topological polar surface area (TPSA) is 150 Å². The molecule has 1 fully saturated rings. The van der Waals surface area contributed by atoms with Gasteiger partial charge in [0.15, 0.2) is 0 Å². The van der Waals surface area contributed by atoms with Crippen molar-refractivity contribution in [1.82, 2.24) is 25.8 Å². The SMILES string of the molecule is Cc1ncsc1-c1ccc(CNC(=O)C2CC(O)CN2C(=O)C(NC(=O)CCCCCCCNC(=O)OC(C)(C)C)C(C)(C)C)cc1. The molecule has 1 aromatic heterocycles. The number of aryl methyl sites for hydroxylation is 1. The molecule has 1 saturated heterocycles. The fourth-order valence-corrected chi connectivity index (χ4v) is 6.27.